The van der Waals surface area contributed by atoms with E-state index in [1.807, 2.05) is 82.3 Å². The van der Waals surface area contributed by atoms with E-state index < -0.39 is 38.7 Å². The van der Waals surface area contributed by atoms with Gasteiger partial charge < -0.3 is 30.3 Å². The molecule has 2 aliphatic carbocycles. The highest BCUT2D eigenvalue weighted by Gasteiger charge is 2.57. The van der Waals surface area contributed by atoms with Crippen LogP contribution in [0.5, 0.6) is 5.75 Å². The van der Waals surface area contributed by atoms with Gasteiger partial charge in [0.05, 0.1) is 49.2 Å². The average Bonchev–Trinajstić information content (AvgIpc) is 4.18. The van der Waals surface area contributed by atoms with E-state index in [0.29, 0.717) is 54.5 Å². The van der Waals surface area contributed by atoms with E-state index in [1.165, 1.54) is 10.5 Å². The molecule has 4 heterocycles. The van der Waals surface area contributed by atoms with Gasteiger partial charge in [0.15, 0.2) is 9.84 Å². The molecule has 3 aromatic carbocycles. The number of aliphatic hydroxyl groups is 1. The van der Waals surface area contributed by atoms with Gasteiger partial charge in [-0.05, 0) is 137 Å². The van der Waals surface area contributed by atoms with Crippen LogP contribution in [-0.4, -0.2) is 111 Å². The summed E-state index contributed by atoms with van der Waals surface area (Å²) in [6, 6.07) is 17.4. The summed E-state index contributed by atoms with van der Waals surface area (Å²) in [4.78, 5) is 74.4. The minimum absolute atomic E-state index is 0.00300. The van der Waals surface area contributed by atoms with E-state index in [-0.39, 0.29) is 83.7 Å². The molecule has 4 amide bonds. The van der Waals surface area contributed by atoms with Crippen LogP contribution in [0.3, 0.4) is 0 Å². The van der Waals surface area contributed by atoms with E-state index in [1.54, 1.807) is 49.6 Å². The quantitative estimate of drug-likeness (QED) is 0.0801. The molecule has 3 atom stereocenters. The summed E-state index contributed by atoms with van der Waals surface area (Å²) >= 11 is 8.21. The van der Waals surface area contributed by atoms with Gasteiger partial charge in [-0.25, -0.2) is 23.4 Å². The van der Waals surface area contributed by atoms with Crippen molar-refractivity contribution in [3.8, 4) is 16.2 Å². The Kier molecular flexibility index (Phi) is 17.1. The van der Waals surface area contributed by atoms with Crippen molar-refractivity contribution in [3.63, 3.8) is 0 Å². The molecule has 1 spiro atoms. The first-order valence-corrected chi connectivity index (χ1v) is 30.7. The number of nitrogens with one attached hydrogen (secondary N) is 2. The highest BCUT2D eigenvalue weighted by molar-refractivity contribution is 7.92. The number of sulfone groups is 1. The Labute approximate surface area is 474 Å². The summed E-state index contributed by atoms with van der Waals surface area (Å²) in [5.41, 5.74) is 8.44. The second kappa shape index (κ2) is 23.4. The summed E-state index contributed by atoms with van der Waals surface area (Å²) in [7, 11) is -3.53. The number of ether oxygens (including phenoxy) is 1. The van der Waals surface area contributed by atoms with E-state index in [0.717, 1.165) is 64.3 Å². The van der Waals surface area contributed by atoms with Gasteiger partial charge in [0, 0.05) is 69.0 Å². The van der Waals surface area contributed by atoms with Crippen LogP contribution in [0.4, 0.5) is 0 Å². The molecular weight excluding hydrogens is 1060 g/mol. The van der Waals surface area contributed by atoms with Crippen LogP contribution in [0.25, 0.3) is 10.4 Å². The molecule has 0 unspecified atom stereocenters. The van der Waals surface area contributed by atoms with Crippen LogP contribution >= 0.6 is 22.9 Å². The van der Waals surface area contributed by atoms with Crippen LogP contribution in [-0.2, 0) is 48.4 Å². The third-order valence-corrected chi connectivity index (χ3v) is 20.2. The van der Waals surface area contributed by atoms with Crippen molar-refractivity contribution >= 4 is 56.4 Å². The minimum atomic E-state index is -3.53. The number of thiazole rings is 1. The molecule has 5 aromatic rings. The maximum atomic E-state index is 14.3. The number of benzene rings is 3. The van der Waals surface area contributed by atoms with Gasteiger partial charge >= 0.3 is 0 Å². The number of aliphatic hydroxyl groups excluding tert-OH is 1. The highest BCUT2D eigenvalue weighted by atomic mass is 35.5. The Morgan fingerprint density at radius 3 is 2.23 bits per heavy atom. The molecule has 2 aliphatic heterocycles. The lowest BCUT2D eigenvalue weighted by atomic mass is 9.47. The van der Waals surface area contributed by atoms with E-state index in [9.17, 15) is 32.7 Å². The fourth-order valence-electron chi connectivity index (χ4n) is 12.3. The molecule has 18 heteroatoms. The van der Waals surface area contributed by atoms with Gasteiger partial charge in [-0.1, -0.05) is 80.9 Å². The molecule has 2 saturated carbocycles. The SMILES string of the molecule is Cc1cc(Cc2ncc(Cl)c(Cc3ccccc3S(=O)(=O)C(C)C)n2)c(OC(C)C)cc1C1CCN(C(=O)C2CC3(CC(C(=O)N[C@H](C(=O)N4C[C@H](O)C[C@H]4C(=O)NCc4ccc(-c5scnc5C)cc4)C(C)(C)C)C3)C2)CC1. The molecule has 0 radical (unpaired) electrons. The fraction of sp³-hybridized carbons (Fsp3) is 0.525. The summed E-state index contributed by atoms with van der Waals surface area (Å²) in [5, 5.41) is 16.6. The van der Waals surface area contributed by atoms with Crippen LogP contribution in [0.1, 0.15) is 144 Å². The monoisotopic (exact) mass is 1130 g/mol. The number of nitrogens with zero attached hydrogens (tertiary/aromatic N) is 5. The number of hydrogen-bond acceptors (Lipinski definition) is 12. The standard InChI is InChI=1S/C61H76ClN7O8S2/c1-35(2)77-51-26-47(37(5)22-43(51)24-53-63-32-48(62)49(66-53)23-42-12-10-11-13-52(42)79(75,76)36(3)4)40-18-20-68(21-19-40)58(73)45-29-61(30-45)27-44(28-61)56(71)67-55(60(7,8)9)59(74)69-33-46(70)25-50(69)57(72)64-31-39-14-16-41(17-15-39)54-38(6)65-34-78-54/h10-17,22,26,32,34-36,40,44-46,50,55,70H,18-21,23-25,27-31,33H2,1-9H3,(H,64,72)(H,67,71)/t44?,45?,46-,50+,55-,61?/m1/s1. The Morgan fingerprint density at radius 1 is 0.899 bits per heavy atom. The van der Waals surface area contributed by atoms with Crippen molar-refractivity contribution in [1.29, 1.82) is 0 Å². The number of halogens is 1. The first kappa shape index (κ1) is 57.9. The van der Waals surface area contributed by atoms with Crippen LogP contribution < -0.4 is 15.4 Å². The number of carbonyl (C=O) groups is 4. The second-order valence-electron chi connectivity index (χ2n) is 24.3. The number of piperidine rings is 1. The Balaban J connectivity index is 0.760. The van der Waals surface area contributed by atoms with Crippen molar-refractivity contribution < 1.29 is 37.4 Å². The molecule has 79 heavy (non-hydrogen) atoms. The number of aromatic nitrogens is 3. The predicted octanol–water partition coefficient (Wildman–Crippen LogP) is 9.34. The number of aryl methyl sites for hydroxylation is 2. The maximum Gasteiger partial charge on any atom is 0.246 e. The third kappa shape index (κ3) is 12.7. The smallest absolute Gasteiger partial charge is 0.246 e. The molecule has 9 rings (SSSR count). The van der Waals surface area contributed by atoms with Gasteiger partial charge in [-0.2, -0.15) is 0 Å². The molecule has 4 aliphatic rings. The number of hydrogen-bond donors (Lipinski definition) is 3. The molecule has 2 saturated heterocycles. The zero-order valence-electron chi connectivity index (χ0n) is 47.0. The molecule has 15 nitrogen and oxygen atoms in total. The van der Waals surface area contributed by atoms with E-state index in [4.69, 9.17) is 21.3 Å². The lowest BCUT2D eigenvalue weighted by Crippen LogP contribution is -2.61. The summed E-state index contributed by atoms with van der Waals surface area (Å²) in [5.74, 6) is 0.444. The Morgan fingerprint density at radius 2 is 1.58 bits per heavy atom. The highest BCUT2D eigenvalue weighted by Crippen LogP contribution is 2.61. The van der Waals surface area contributed by atoms with E-state index in [2.05, 4.69) is 39.7 Å². The number of amides is 4. The van der Waals surface area contributed by atoms with Gasteiger partial charge in [0.25, 0.3) is 0 Å². The molecule has 3 N–H and O–H groups in total. The zero-order chi connectivity index (χ0) is 56.7. The normalized spacial score (nSPS) is 21.9. The predicted molar refractivity (Wildman–Crippen MR) is 306 cm³/mol. The van der Waals surface area contributed by atoms with Crippen LogP contribution in [0, 0.1) is 36.5 Å². The van der Waals surface area contributed by atoms with Gasteiger partial charge in [-0.15, -0.1) is 11.3 Å². The Bertz CT molecular complexity index is 3190. The fourth-order valence-corrected chi connectivity index (χ4v) is 14.5. The van der Waals surface area contributed by atoms with Crippen molar-refractivity contribution in [2.24, 2.45) is 22.7 Å². The van der Waals surface area contributed by atoms with Crippen molar-refractivity contribution in [2.75, 3.05) is 19.6 Å². The van der Waals surface area contributed by atoms with Crippen LogP contribution in [0.2, 0.25) is 5.02 Å². The second-order valence-corrected chi connectivity index (χ2v) is 28.0. The zero-order valence-corrected chi connectivity index (χ0v) is 49.4. The average molecular weight is 1130 g/mol. The molecule has 422 valence electrons. The van der Waals surface area contributed by atoms with Crippen molar-refractivity contribution in [2.45, 2.75) is 167 Å². The first-order valence-electron chi connectivity index (χ1n) is 27.9. The number of likely N-dealkylation sites (tertiary alicyclic amines) is 2. The lowest BCUT2D eigenvalue weighted by molar-refractivity contribution is -0.158. The van der Waals surface area contributed by atoms with Crippen LogP contribution in [0.15, 0.2) is 77.3 Å². The minimum Gasteiger partial charge on any atom is -0.491 e. The largest absolute Gasteiger partial charge is 0.491 e. The Hall–Kier alpha value is -5.75. The molecule has 0 bridgehead atoms. The van der Waals surface area contributed by atoms with Gasteiger partial charge in [0.1, 0.15) is 23.7 Å². The first-order chi connectivity index (χ1) is 37.4. The van der Waals surface area contributed by atoms with Crippen molar-refractivity contribution in [3.05, 3.63) is 122 Å². The summed E-state index contributed by atoms with van der Waals surface area (Å²) in [6.45, 7) is 18.7. The van der Waals surface area contributed by atoms with Crippen molar-refractivity contribution in [1.82, 2.24) is 35.4 Å². The van der Waals surface area contributed by atoms with Gasteiger partial charge in [0.2, 0.25) is 23.6 Å². The number of β-amino-alcohol motifs (C(OH)–C–C–N with tert-alkyl or cyclic N) is 1. The number of rotatable bonds is 17. The maximum absolute atomic E-state index is 14.3. The molecule has 2 aromatic heterocycles. The van der Waals surface area contributed by atoms with Gasteiger partial charge in [-0.3, -0.25) is 19.2 Å². The number of carbonyl (C=O) groups excluding carboxylic acids is 4. The lowest BCUT2D eigenvalue weighted by Gasteiger charge is -2.57. The molecule has 4 fully saturated rings. The van der Waals surface area contributed by atoms with E-state index >= 15 is 0 Å². The summed E-state index contributed by atoms with van der Waals surface area (Å²) < 4.78 is 32.9. The third-order valence-electron chi connectivity index (χ3n) is 16.7. The molecular formula is C61H76ClN7O8S2. The topological polar surface area (TPSA) is 201 Å². The summed E-state index contributed by atoms with van der Waals surface area (Å²) in [6.07, 6.45) is 5.82.